The first-order valence-electron chi connectivity index (χ1n) is 7.12. The van der Waals surface area contributed by atoms with Crippen LogP contribution in [0.1, 0.15) is 25.1 Å². The van der Waals surface area contributed by atoms with Crippen LogP contribution in [0.3, 0.4) is 0 Å². The first-order valence-corrected chi connectivity index (χ1v) is 7.92. The molecule has 0 spiro atoms. The van der Waals surface area contributed by atoms with E-state index in [1.54, 1.807) is 0 Å². The minimum absolute atomic E-state index is 0.531. The van der Waals surface area contributed by atoms with Crippen molar-refractivity contribution in [3.8, 4) is 11.3 Å². The Morgan fingerprint density at radius 3 is 2.75 bits per heavy atom. The summed E-state index contributed by atoms with van der Waals surface area (Å²) in [5.41, 5.74) is 2.13. The summed E-state index contributed by atoms with van der Waals surface area (Å²) < 4.78 is 1.09. The Bertz CT molecular complexity index is 562. The van der Waals surface area contributed by atoms with Crippen LogP contribution in [-0.4, -0.2) is 22.6 Å². The van der Waals surface area contributed by atoms with Crippen molar-refractivity contribution in [2.75, 3.05) is 6.54 Å². The summed E-state index contributed by atoms with van der Waals surface area (Å²) in [6, 6.07) is 10.7. The van der Waals surface area contributed by atoms with Crippen LogP contribution in [0.2, 0.25) is 0 Å². The van der Waals surface area contributed by atoms with Crippen molar-refractivity contribution >= 4 is 15.9 Å². The first-order chi connectivity index (χ1) is 9.81. The minimum Gasteiger partial charge on any atom is -0.314 e. The lowest BCUT2D eigenvalue weighted by Crippen LogP contribution is -2.36. The molecule has 1 saturated heterocycles. The maximum atomic E-state index is 4.70. The van der Waals surface area contributed by atoms with Gasteiger partial charge < -0.3 is 5.32 Å². The molecule has 3 rings (SSSR count). The van der Waals surface area contributed by atoms with Crippen LogP contribution in [0.4, 0.5) is 0 Å². The number of hydrogen-bond acceptors (Lipinski definition) is 3. The maximum Gasteiger partial charge on any atom is 0.130 e. The summed E-state index contributed by atoms with van der Waals surface area (Å²) in [7, 11) is 0. The van der Waals surface area contributed by atoms with Crippen molar-refractivity contribution in [3.63, 3.8) is 0 Å². The second-order valence-corrected chi connectivity index (χ2v) is 6.13. The average Bonchev–Trinajstić information content (AvgIpc) is 2.49. The molecule has 4 heteroatoms. The van der Waals surface area contributed by atoms with Gasteiger partial charge in [-0.3, -0.25) is 0 Å². The molecule has 2 heterocycles. The molecule has 2 aromatic rings. The standard InChI is InChI=1S/C16H18BrN3/c17-13-6-4-12(5-7-13)15-8-10-19-16(20-15)11-14-3-1-2-9-18-14/h4-8,10,14,18H,1-3,9,11H2. The van der Waals surface area contributed by atoms with E-state index in [1.165, 1.54) is 19.3 Å². The highest BCUT2D eigenvalue weighted by atomic mass is 79.9. The molecular formula is C16H18BrN3. The number of aromatic nitrogens is 2. The molecule has 0 bridgehead atoms. The summed E-state index contributed by atoms with van der Waals surface area (Å²) >= 11 is 3.46. The van der Waals surface area contributed by atoms with E-state index < -0.39 is 0 Å². The third-order valence-electron chi connectivity index (χ3n) is 3.69. The van der Waals surface area contributed by atoms with Gasteiger partial charge in [0.2, 0.25) is 0 Å². The van der Waals surface area contributed by atoms with Gasteiger partial charge in [-0.05, 0) is 37.6 Å². The highest BCUT2D eigenvalue weighted by Crippen LogP contribution is 2.20. The van der Waals surface area contributed by atoms with Crippen LogP contribution in [0, 0.1) is 0 Å². The second-order valence-electron chi connectivity index (χ2n) is 5.22. The zero-order valence-electron chi connectivity index (χ0n) is 11.3. The number of nitrogens with zero attached hydrogens (tertiary/aromatic N) is 2. The van der Waals surface area contributed by atoms with E-state index in [1.807, 2.05) is 24.4 Å². The van der Waals surface area contributed by atoms with Crippen molar-refractivity contribution in [3.05, 3.63) is 46.8 Å². The smallest absolute Gasteiger partial charge is 0.130 e. The highest BCUT2D eigenvalue weighted by Gasteiger charge is 2.14. The molecule has 104 valence electrons. The van der Waals surface area contributed by atoms with E-state index in [4.69, 9.17) is 4.98 Å². The molecule has 3 nitrogen and oxygen atoms in total. The van der Waals surface area contributed by atoms with Crippen LogP contribution in [0.5, 0.6) is 0 Å². The Morgan fingerprint density at radius 1 is 1.15 bits per heavy atom. The van der Waals surface area contributed by atoms with Gasteiger partial charge in [0.05, 0.1) is 5.69 Å². The van der Waals surface area contributed by atoms with Crippen molar-refractivity contribution in [2.45, 2.75) is 31.7 Å². The van der Waals surface area contributed by atoms with E-state index >= 15 is 0 Å². The summed E-state index contributed by atoms with van der Waals surface area (Å²) in [6.07, 6.45) is 6.61. The predicted molar refractivity (Wildman–Crippen MR) is 84.5 cm³/mol. The van der Waals surface area contributed by atoms with E-state index in [0.717, 1.165) is 34.5 Å². The number of halogens is 1. The van der Waals surface area contributed by atoms with E-state index in [-0.39, 0.29) is 0 Å². The van der Waals surface area contributed by atoms with Gasteiger partial charge in [0.1, 0.15) is 5.82 Å². The molecule has 1 aliphatic heterocycles. The summed E-state index contributed by atoms with van der Waals surface area (Å²) in [4.78, 5) is 9.12. The van der Waals surface area contributed by atoms with Crippen molar-refractivity contribution < 1.29 is 0 Å². The third-order valence-corrected chi connectivity index (χ3v) is 4.22. The average molecular weight is 332 g/mol. The molecule has 1 N–H and O–H groups in total. The van der Waals surface area contributed by atoms with Gasteiger partial charge in [0.25, 0.3) is 0 Å². The van der Waals surface area contributed by atoms with Gasteiger partial charge in [0, 0.05) is 28.7 Å². The SMILES string of the molecule is Brc1ccc(-c2ccnc(CC3CCCCN3)n2)cc1. The quantitative estimate of drug-likeness (QED) is 0.933. The van der Waals surface area contributed by atoms with E-state index in [9.17, 15) is 0 Å². The van der Waals surface area contributed by atoms with Gasteiger partial charge in [0.15, 0.2) is 0 Å². The zero-order chi connectivity index (χ0) is 13.8. The molecule has 1 aromatic heterocycles. The molecule has 1 fully saturated rings. The van der Waals surface area contributed by atoms with Crippen LogP contribution in [-0.2, 0) is 6.42 Å². The molecule has 20 heavy (non-hydrogen) atoms. The number of nitrogens with one attached hydrogen (secondary N) is 1. The van der Waals surface area contributed by atoms with E-state index in [0.29, 0.717) is 6.04 Å². The normalized spacial score (nSPS) is 18.9. The van der Waals surface area contributed by atoms with Crippen LogP contribution >= 0.6 is 15.9 Å². The number of hydrogen-bond donors (Lipinski definition) is 1. The fraction of sp³-hybridized carbons (Fsp3) is 0.375. The van der Waals surface area contributed by atoms with Gasteiger partial charge in [-0.15, -0.1) is 0 Å². The van der Waals surface area contributed by atoms with Gasteiger partial charge >= 0.3 is 0 Å². The number of benzene rings is 1. The minimum atomic E-state index is 0.531. The van der Waals surface area contributed by atoms with E-state index in [2.05, 4.69) is 38.4 Å². The number of rotatable bonds is 3. The lowest BCUT2D eigenvalue weighted by Gasteiger charge is -2.22. The monoisotopic (exact) mass is 331 g/mol. The van der Waals surface area contributed by atoms with Crippen molar-refractivity contribution in [1.82, 2.24) is 15.3 Å². The van der Waals surface area contributed by atoms with Crippen LogP contribution in [0.25, 0.3) is 11.3 Å². The molecule has 1 unspecified atom stereocenters. The first kappa shape index (κ1) is 13.7. The molecule has 0 amide bonds. The van der Waals surface area contributed by atoms with Crippen LogP contribution < -0.4 is 5.32 Å². The Balaban J connectivity index is 1.76. The summed E-state index contributed by atoms with van der Waals surface area (Å²) in [5.74, 6) is 0.935. The topological polar surface area (TPSA) is 37.8 Å². The van der Waals surface area contributed by atoms with Crippen molar-refractivity contribution in [2.24, 2.45) is 0 Å². The molecule has 0 radical (unpaired) electrons. The molecule has 1 aromatic carbocycles. The molecular weight excluding hydrogens is 314 g/mol. The van der Waals surface area contributed by atoms with Crippen molar-refractivity contribution in [1.29, 1.82) is 0 Å². The Labute approximate surface area is 128 Å². The summed E-state index contributed by atoms with van der Waals surface area (Å²) in [6.45, 7) is 1.12. The van der Waals surface area contributed by atoms with Gasteiger partial charge in [-0.25, -0.2) is 9.97 Å². The highest BCUT2D eigenvalue weighted by molar-refractivity contribution is 9.10. The lowest BCUT2D eigenvalue weighted by molar-refractivity contribution is 0.394. The zero-order valence-corrected chi connectivity index (χ0v) is 12.9. The van der Waals surface area contributed by atoms with Crippen LogP contribution in [0.15, 0.2) is 41.0 Å². The largest absolute Gasteiger partial charge is 0.314 e. The Hall–Kier alpha value is -1.26. The second kappa shape index (κ2) is 6.46. The predicted octanol–water partition coefficient (Wildman–Crippen LogP) is 3.59. The maximum absolute atomic E-state index is 4.70. The molecule has 0 saturated carbocycles. The molecule has 1 atom stereocenters. The molecule has 1 aliphatic rings. The van der Waals surface area contributed by atoms with Gasteiger partial charge in [-0.2, -0.15) is 0 Å². The number of piperidine rings is 1. The molecule has 0 aliphatic carbocycles. The fourth-order valence-electron chi connectivity index (χ4n) is 2.60. The Morgan fingerprint density at radius 2 is 2.00 bits per heavy atom. The third kappa shape index (κ3) is 3.44. The lowest BCUT2D eigenvalue weighted by atomic mass is 10.0. The van der Waals surface area contributed by atoms with Gasteiger partial charge in [-0.1, -0.05) is 34.5 Å². The Kier molecular flexibility index (Phi) is 4.43. The summed E-state index contributed by atoms with van der Waals surface area (Å²) in [5, 5.41) is 3.55. The fourth-order valence-corrected chi connectivity index (χ4v) is 2.86.